The number of nitrogens with zero attached hydrogens (tertiary/aromatic N) is 1. The van der Waals surface area contributed by atoms with Gasteiger partial charge >= 0.3 is 0 Å². The van der Waals surface area contributed by atoms with E-state index in [4.69, 9.17) is 0 Å². The first-order valence-corrected chi connectivity index (χ1v) is 9.17. The van der Waals surface area contributed by atoms with E-state index in [0.29, 0.717) is 17.9 Å². The fourth-order valence-corrected chi connectivity index (χ4v) is 4.42. The summed E-state index contributed by atoms with van der Waals surface area (Å²) >= 11 is 0. The first-order valence-electron chi connectivity index (χ1n) is 9.17. The van der Waals surface area contributed by atoms with Crippen LogP contribution in [0.3, 0.4) is 0 Å². The summed E-state index contributed by atoms with van der Waals surface area (Å²) < 4.78 is 0. The van der Waals surface area contributed by atoms with Crippen molar-refractivity contribution in [2.75, 3.05) is 6.54 Å². The maximum Gasteiger partial charge on any atom is 0.225 e. The fourth-order valence-electron chi connectivity index (χ4n) is 4.42. The highest BCUT2D eigenvalue weighted by Crippen LogP contribution is 2.36. The van der Waals surface area contributed by atoms with E-state index in [9.17, 15) is 9.90 Å². The number of hydrogen-bond acceptors (Lipinski definition) is 2. The molecule has 2 fully saturated rings. The summed E-state index contributed by atoms with van der Waals surface area (Å²) in [5, 5.41) is 10.2. The normalized spacial score (nSPS) is 30.1. The average Bonchev–Trinajstić information content (AvgIpc) is 2.92. The molecule has 2 rings (SSSR count). The SMILES string of the molecule is CCCC(CCC)C(=O)N1CCCCC1C1CCCC1O. The van der Waals surface area contributed by atoms with Crippen LogP contribution >= 0.6 is 0 Å². The lowest BCUT2D eigenvalue weighted by atomic mass is 9.86. The lowest BCUT2D eigenvalue weighted by Crippen LogP contribution is -2.51. The van der Waals surface area contributed by atoms with Gasteiger partial charge in [0.1, 0.15) is 0 Å². The number of hydrogen-bond donors (Lipinski definition) is 1. The van der Waals surface area contributed by atoms with E-state index in [0.717, 1.165) is 64.3 Å². The van der Waals surface area contributed by atoms with Crippen molar-refractivity contribution in [3.8, 4) is 0 Å². The first kappa shape index (κ1) is 16.8. The van der Waals surface area contributed by atoms with Gasteiger partial charge in [-0.2, -0.15) is 0 Å². The summed E-state index contributed by atoms with van der Waals surface area (Å²) in [4.78, 5) is 15.2. The fraction of sp³-hybridized carbons (Fsp3) is 0.944. The molecule has 21 heavy (non-hydrogen) atoms. The second-order valence-electron chi connectivity index (χ2n) is 7.03. The minimum atomic E-state index is -0.181. The Bertz CT molecular complexity index is 325. The van der Waals surface area contributed by atoms with E-state index in [2.05, 4.69) is 18.7 Å². The number of aliphatic hydroxyl groups is 1. The quantitative estimate of drug-likeness (QED) is 0.811. The summed E-state index contributed by atoms with van der Waals surface area (Å²) in [6, 6.07) is 0.306. The van der Waals surface area contributed by atoms with Crippen LogP contribution in [0.5, 0.6) is 0 Å². The molecule has 1 N–H and O–H groups in total. The van der Waals surface area contributed by atoms with Crippen LogP contribution in [0.4, 0.5) is 0 Å². The van der Waals surface area contributed by atoms with Gasteiger partial charge in [0, 0.05) is 24.4 Å². The van der Waals surface area contributed by atoms with Crippen LogP contribution in [-0.4, -0.2) is 34.6 Å². The Hall–Kier alpha value is -0.570. The number of likely N-dealkylation sites (tertiary alicyclic amines) is 1. The van der Waals surface area contributed by atoms with Crippen molar-refractivity contribution >= 4 is 5.91 Å². The molecule has 0 spiro atoms. The summed E-state index contributed by atoms with van der Waals surface area (Å²) in [6.45, 7) is 5.26. The second kappa shape index (κ2) is 8.17. The van der Waals surface area contributed by atoms with E-state index in [1.165, 1.54) is 6.42 Å². The average molecular weight is 295 g/mol. The maximum atomic E-state index is 13.0. The van der Waals surface area contributed by atoms with Crippen LogP contribution in [-0.2, 0) is 4.79 Å². The van der Waals surface area contributed by atoms with Crippen molar-refractivity contribution in [2.45, 2.75) is 90.2 Å². The Balaban J connectivity index is 2.07. The number of amides is 1. The molecule has 0 radical (unpaired) electrons. The predicted molar refractivity (Wildman–Crippen MR) is 86.0 cm³/mol. The molecule has 0 aromatic rings. The van der Waals surface area contributed by atoms with E-state index < -0.39 is 0 Å². The lowest BCUT2D eigenvalue weighted by Gasteiger charge is -2.42. The van der Waals surface area contributed by atoms with E-state index in [-0.39, 0.29) is 12.0 Å². The Morgan fingerprint density at radius 1 is 1.10 bits per heavy atom. The molecule has 1 saturated carbocycles. The molecule has 0 aromatic heterocycles. The molecule has 1 aliphatic carbocycles. The highest BCUT2D eigenvalue weighted by molar-refractivity contribution is 5.79. The molecule has 0 aromatic carbocycles. The predicted octanol–water partition coefficient (Wildman–Crippen LogP) is 3.74. The van der Waals surface area contributed by atoms with Gasteiger partial charge in [0.2, 0.25) is 5.91 Å². The highest BCUT2D eigenvalue weighted by atomic mass is 16.3. The molecular weight excluding hydrogens is 262 g/mol. The molecule has 1 aliphatic heterocycles. The van der Waals surface area contributed by atoms with Crippen molar-refractivity contribution in [1.29, 1.82) is 0 Å². The van der Waals surface area contributed by atoms with Gasteiger partial charge < -0.3 is 10.0 Å². The number of rotatable bonds is 6. The van der Waals surface area contributed by atoms with Gasteiger partial charge in [-0.25, -0.2) is 0 Å². The molecule has 1 heterocycles. The smallest absolute Gasteiger partial charge is 0.225 e. The van der Waals surface area contributed by atoms with Crippen LogP contribution in [0.25, 0.3) is 0 Å². The summed E-state index contributed by atoms with van der Waals surface area (Å²) in [5.74, 6) is 0.916. The third-order valence-corrected chi connectivity index (χ3v) is 5.48. The van der Waals surface area contributed by atoms with Crippen LogP contribution in [0.15, 0.2) is 0 Å². The maximum absolute atomic E-state index is 13.0. The van der Waals surface area contributed by atoms with Crippen molar-refractivity contribution in [1.82, 2.24) is 4.90 Å². The van der Waals surface area contributed by atoms with E-state index in [1.807, 2.05) is 0 Å². The molecule has 3 atom stereocenters. The van der Waals surface area contributed by atoms with E-state index >= 15 is 0 Å². The molecule has 122 valence electrons. The third-order valence-electron chi connectivity index (χ3n) is 5.48. The number of carbonyl (C=O) groups is 1. The Labute approximate surface area is 130 Å². The summed E-state index contributed by atoms with van der Waals surface area (Å²) in [6.07, 6.45) is 10.6. The van der Waals surface area contributed by atoms with Gasteiger partial charge in [0.25, 0.3) is 0 Å². The van der Waals surface area contributed by atoms with Gasteiger partial charge in [-0.05, 0) is 44.9 Å². The van der Waals surface area contributed by atoms with Crippen LogP contribution in [0.2, 0.25) is 0 Å². The van der Waals surface area contributed by atoms with Gasteiger partial charge in [-0.3, -0.25) is 4.79 Å². The Morgan fingerprint density at radius 2 is 1.81 bits per heavy atom. The lowest BCUT2D eigenvalue weighted by molar-refractivity contribution is -0.142. The zero-order chi connectivity index (χ0) is 15.2. The van der Waals surface area contributed by atoms with Crippen molar-refractivity contribution in [3.05, 3.63) is 0 Å². The monoisotopic (exact) mass is 295 g/mol. The number of piperidine rings is 1. The molecule has 1 amide bonds. The van der Waals surface area contributed by atoms with Gasteiger partial charge in [0.15, 0.2) is 0 Å². The number of aliphatic hydroxyl groups excluding tert-OH is 1. The first-order chi connectivity index (χ1) is 10.2. The zero-order valence-electron chi connectivity index (χ0n) is 13.9. The topological polar surface area (TPSA) is 40.5 Å². The molecule has 1 saturated heterocycles. The van der Waals surface area contributed by atoms with Crippen LogP contribution in [0, 0.1) is 11.8 Å². The summed E-state index contributed by atoms with van der Waals surface area (Å²) in [5.41, 5.74) is 0. The Kier molecular flexibility index (Phi) is 6.53. The molecule has 3 nitrogen and oxygen atoms in total. The van der Waals surface area contributed by atoms with Crippen LogP contribution in [0.1, 0.15) is 78.1 Å². The third kappa shape index (κ3) is 4.00. The molecule has 0 bridgehead atoms. The van der Waals surface area contributed by atoms with Gasteiger partial charge in [-0.1, -0.05) is 33.1 Å². The molecular formula is C18H33NO2. The van der Waals surface area contributed by atoms with Crippen molar-refractivity contribution in [2.24, 2.45) is 11.8 Å². The number of carbonyl (C=O) groups excluding carboxylic acids is 1. The van der Waals surface area contributed by atoms with Crippen molar-refractivity contribution in [3.63, 3.8) is 0 Å². The van der Waals surface area contributed by atoms with Gasteiger partial charge in [0.05, 0.1) is 6.10 Å². The minimum absolute atomic E-state index is 0.181. The molecule has 3 heteroatoms. The van der Waals surface area contributed by atoms with Gasteiger partial charge in [-0.15, -0.1) is 0 Å². The summed E-state index contributed by atoms with van der Waals surface area (Å²) in [7, 11) is 0. The Morgan fingerprint density at radius 3 is 2.38 bits per heavy atom. The second-order valence-corrected chi connectivity index (χ2v) is 7.03. The zero-order valence-corrected chi connectivity index (χ0v) is 13.9. The molecule has 2 aliphatic rings. The van der Waals surface area contributed by atoms with E-state index in [1.54, 1.807) is 0 Å². The standard InChI is InChI=1S/C18H33NO2/c1-3-8-14(9-4-2)18(21)19-13-6-5-11-16(19)15-10-7-12-17(15)20/h14-17,20H,3-13H2,1-2H3. The molecule has 3 unspecified atom stereocenters. The largest absolute Gasteiger partial charge is 0.393 e. The van der Waals surface area contributed by atoms with Crippen LogP contribution < -0.4 is 0 Å². The minimum Gasteiger partial charge on any atom is -0.393 e. The highest BCUT2D eigenvalue weighted by Gasteiger charge is 2.39. The van der Waals surface area contributed by atoms with Crippen molar-refractivity contribution < 1.29 is 9.90 Å².